The van der Waals surface area contributed by atoms with Crippen molar-refractivity contribution in [3.63, 3.8) is 0 Å². The van der Waals surface area contributed by atoms with Crippen LogP contribution in [-0.2, 0) is 0 Å². The quantitative estimate of drug-likeness (QED) is 0.825. The van der Waals surface area contributed by atoms with Gasteiger partial charge in [-0.3, -0.25) is 9.55 Å². The Morgan fingerprint density at radius 3 is 2.71 bits per heavy atom. The third-order valence-electron chi connectivity index (χ3n) is 3.19. The third kappa shape index (κ3) is 1.96. The van der Waals surface area contributed by atoms with Gasteiger partial charge in [0.25, 0.3) is 0 Å². The predicted molar refractivity (Wildman–Crippen MR) is 68.7 cm³/mol. The number of nitrogens with zero attached hydrogens (tertiary/aromatic N) is 1. The second-order valence-corrected chi connectivity index (χ2v) is 4.78. The van der Waals surface area contributed by atoms with E-state index in [4.69, 9.17) is 12.2 Å². The first-order valence-corrected chi connectivity index (χ1v) is 6.03. The molecule has 0 bridgehead atoms. The van der Waals surface area contributed by atoms with Gasteiger partial charge in [-0.05, 0) is 18.1 Å². The summed E-state index contributed by atoms with van der Waals surface area (Å²) in [7, 11) is 0. The van der Waals surface area contributed by atoms with Crippen LogP contribution < -0.4 is 5.69 Å². The van der Waals surface area contributed by atoms with Crippen LogP contribution >= 0.6 is 12.2 Å². The van der Waals surface area contributed by atoms with Crippen LogP contribution in [0.5, 0.6) is 0 Å². The molecule has 1 heterocycles. The standard InChI is InChI=1S/C13H12N2OS/c16-13-14-12(17)6-7-15(13)11-8-10(11)9-4-2-1-3-5-9/h1-7,10-11H,8H2,(H,14,16,17)/t10-,11+/m0/s1. The molecule has 86 valence electrons. The van der Waals surface area contributed by atoms with Gasteiger partial charge in [0.2, 0.25) is 0 Å². The number of nitrogens with one attached hydrogen (secondary N) is 1. The summed E-state index contributed by atoms with van der Waals surface area (Å²) in [6.45, 7) is 0. The molecule has 0 spiro atoms. The molecule has 17 heavy (non-hydrogen) atoms. The first kappa shape index (κ1) is 10.5. The Morgan fingerprint density at radius 1 is 1.24 bits per heavy atom. The zero-order valence-corrected chi connectivity index (χ0v) is 9.98. The van der Waals surface area contributed by atoms with Crippen LogP contribution in [-0.4, -0.2) is 9.55 Å². The molecule has 0 unspecified atom stereocenters. The largest absolute Gasteiger partial charge is 0.326 e. The molecule has 1 aromatic heterocycles. The van der Waals surface area contributed by atoms with Crippen LogP contribution in [0.4, 0.5) is 0 Å². The van der Waals surface area contributed by atoms with Crippen LogP contribution in [0.2, 0.25) is 0 Å². The molecule has 0 radical (unpaired) electrons. The molecule has 1 aliphatic carbocycles. The van der Waals surface area contributed by atoms with Gasteiger partial charge < -0.3 is 0 Å². The molecule has 3 rings (SSSR count). The lowest BCUT2D eigenvalue weighted by Gasteiger charge is -2.04. The topological polar surface area (TPSA) is 37.8 Å². The van der Waals surface area contributed by atoms with E-state index >= 15 is 0 Å². The van der Waals surface area contributed by atoms with Crippen LogP contribution in [0.25, 0.3) is 0 Å². The summed E-state index contributed by atoms with van der Waals surface area (Å²) >= 11 is 4.92. The first-order valence-electron chi connectivity index (χ1n) is 5.62. The normalized spacial score (nSPS) is 22.4. The Morgan fingerprint density at radius 2 is 2.00 bits per heavy atom. The number of hydrogen-bond acceptors (Lipinski definition) is 2. The van der Waals surface area contributed by atoms with E-state index in [0.717, 1.165) is 6.42 Å². The highest BCUT2D eigenvalue weighted by Gasteiger charge is 2.40. The van der Waals surface area contributed by atoms with Crippen molar-refractivity contribution in [2.45, 2.75) is 18.4 Å². The van der Waals surface area contributed by atoms with Gasteiger partial charge in [0.15, 0.2) is 0 Å². The van der Waals surface area contributed by atoms with Gasteiger partial charge in [-0.1, -0.05) is 42.5 Å². The van der Waals surface area contributed by atoms with E-state index in [1.54, 1.807) is 16.8 Å². The molecular formula is C13H12N2OS. The number of rotatable bonds is 2. The maximum Gasteiger partial charge on any atom is 0.326 e. The summed E-state index contributed by atoms with van der Waals surface area (Å²) < 4.78 is 2.23. The van der Waals surface area contributed by atoms with Crippen molar-refractivity contribution < 1.29 is 0 Å². The lowest BCUT2D eigenvalue weighted by Crippen LogP contribution is -2.21. The molecule has 2 aromatic rings. The van der Waals surface area contributed by atoms with Crippen LogP contribution in [0.15, 0.2) is 47.4 Å². The number of aromatic nitrogens is 2. The minimum absolute atomic E-state index is 0.110. The van der Waals surface area contributed by atoms with Crippen molar-refractivity contribution in [2.75, 3.05) is 0 Å². The summed E-state index contributed by atoms with van der Waals surface area (Å²) in [5.41, 5.74) is 1.19. The summed E-state index contributed by atoms with van der Waals surface area (Å²) in [5.74, 6) is 0.457. The van der Waals surface area contributed by atoms with E-state index in [9.17, 15) is 4.79 Å². The van der Waals surface area contributed by atoms with Crippen molar-refractivity contribution in [1.82, 2.24) is 9.55 Å². The van der Waals surface area contributed by atoms with Gasteiger partial charge in [0.1, 0.15) is 4.64 Å². The van der Waals surface area contributed by atoms with Crippen molar-refractivity contribution in [2.24, 2.45) is 0 Å². The highest BCUT2D eigenvalue weighted by molar-refractivity contribution is 7.71. The number of hydrogen-bond donors (Lipinski definition) is 1. The van der Waals surface area contributed by atoms with Crippen molar-refractivity contribution in [1.29, 1.82) is 0 Å². The molecule has 1 fully saturated rings. The molecule has 0 amide bonds. The maximum absolute atomic E-state index is 11.7. The summed E-state index contributed by atoms with van der Waals surface area (Å²) in [6, 6.07) is 12.3. The molecule has 4 heteroatoms. The number of H-pyrrole nitrogens is 1. The summed E-state index contributed by atoms with van der Waals surface area (Å²) in [5, 5.41) is 0. The SMILES string of the molecule is O=c1[nH]c(=S)ccn1[C@@H]1C[C@H]1c1ccccc1. The van der Waals surface area contributed by atoms with Gasteiger partial charge in [0.05, 0.1) is 0 Å². The number of benzene rings is 1. The van der Waals surface area contributed by atoms with Crippen LogP contribution in [0.1, 0.15) is 23.9 Å². The monoisotopic (exact) mass is 244 g/mol. The lowest BCUT2D eigenvalue weighted by atomic mass is 10.1. The average molecular weight is 244 g/mol. The van der Waals surface area contributed by atoms with Crippen LogP contribution in [0.3, 0.4) is 0 Å². The Bertz CT molecular complexity index is 644. The Kier molecular flexibility index (Phi) is 2.44. The Hall–Kier alpha value is -1.68. The smallest absolute Gasteiger partial charge is 0.298 e. The molecule has 2 atom stereocenters. The maximum atomic E-state index is 11.7. The van der Waals surface area contributed by atoms with E-state index in [2.05, 4.69) is 17.1 Å². The fraction of sp³-hybridized carbons (Fsp3) is 0.231. The highest BCUT2D eigenvalue weighted by atomic mass is 32.1. The second kappa shape index (κ2) is 3.96. The first-order chi connectivity index (χ1) is 8.25. The molecule has 1 aliphatic rings. The van der Waals surface area contributed by atoms with Crippen molar-refractivity contribution >= 4 is 12.2 Å². The minimum atomic E-state index is -0.110. The summed E-state index contributed by atoms with van der Waals surface area (Å²) in [4.78, 5) is 14.4. The van der Waals surface area contributed by atoms with Gasteiger partial charge >= 0.3 is 5.69 Å². The van der Waals surface area contributed by atoms with E-state index < -0.39 is 0 Å². The van der Waals surface area contributed by atoms with Gasteiger partial charge in [0, 0.05) is 18.2 Å². The molecule has 1 aromatic carbocycles. The fourth-order valence-corrected chi connectivity index (χ4v) is 2.38. The van der Waals surface area contributed by atoms with Gasteiger partial charge in [-0.25, -0.2) is 4.79 Å². The fourth-order valence-electron chi connectivity index (χ4n) is 2.24. The lowest BCUT2D eigenvalue weighted by molar-refractivity contribution is 0.661. The molecule has 1 N–H and O–H groups in total. The molecule has 0 saturated heterocycles. The Balaban J connectivity index is 1.90. The van der Waals surface area contributed by atoms with Gasteiger partial charge in [-0.15, -0.1) is 0 Å². The molecule has 1 saturated carbocycles. The zero-order valence-electron chi connectivity index (χ0n) is 9.17. The van der Waals surface area contributed by atoms with Crippen molar-refractivity contribution in [3.8, 4) is 0 Å². The summed E-state index contributed by atoms with van der Waals surface area (Å²) in [6.07, 6.45) is 2.81. The minimum Gasteiger partial charge on any atom is -0.298 e. The second-order valence-electron chi connectivity index (χ2n) is 4.34. The third-order valence-corrected chi connectivity index (χ3v) is 3.43. The Labute approximate surface area is 104 Å². The van der Waals surface area contributed by atoms with Gasteiger partial charge in [-0.2, -0.15) is 0 Å². The average Bonchev–Trinajstić information content (AvgIpc) is 3.10. The van der Waals surface area contributed by atoms with E-state index in [1.165, 1.54) is 5.56 Å². The molecule has 0 aliphatic heterocycles. The molecular weight excluding hydrogens is 232 g/mol. The van der Waals surface area contributed by atoms with E-state index in [-0.39, 0.29) is 11.7 Å². The highest BCUT2D eigenvalue weighted by Crippen LogP contribution is 2.50. The zero-order chi connectivity index (χ0) is 11.8. The van der Waals surface area contributed by atoms with Crippen LogP contribution in [0, 0.1) is 4.64 Å². The number of aromatic amines is 1. The predicted octanol–water partition coefficient (Wildman–Crippen LogP) is 2.63. The van der Waals surface area contributed by atoms with E-state index in [0.29, 0.717) is 10.6 Å². The molecule has 3 nitrogen and oxygen atoms in total. The van der Waals surface area contributed by atoms with Crippen molar-refractivity contribution in [3.05, 3.63) is 63.3 Å². The van der Waals surface area contributed by atoms with E-state index in [1.807, 2.05) is 18.2 Å².